The summed E-state index contributed by atoms with van der Waals surface area (Å²) >= 11 is 5.89. The van der Waals surface area contributed by atoms with Gasteiger partial charge in [-0.1, -0.05) is 68.8 Å². The van der Waals surface area contributed by atoms with E-state index in [-0.39, 0.29) is 0 Å². The zero-order chi connectivity index (χ0) is 12.0. The molecule has 0 N–H and O–H groups in total. The van der Waals surface area contributed by atoms with Crippen molar-refractivity contribution < 1.29 is 0 Å². The van der Waals surface area contributed by atoms with Crippen molar-refractivity contribution in [2.45, 2.75) is 27.2 Å². The van der Waals surface area contributed by atoms with Gasteiger partial charge in [-0.2, -0.15) is 0 Å². The van der Waals surface area contributed by atoms with Crippen LogP contribution in [0.2, 0.25) is 5.02 Å². The summed E-state index contributed by atoms with van der Waals surface area (Å²) < 4.78 is 0. The summed E-state index contributed by atoms with van der Waals surface area (Å²) in [6.07, 6.45) is 9.49. The minimum Gasteiger partial charge on any atom is -0.0843 e. The van der Waals surface area contributed by atoms with Gasteiger partial charge < -0.3 is 0 Å². The smallest absolute Gasteiger partial charge is 0.0411 e. The predicted molar refractivity (Wildman–Crippen MR) is 73.7 cm³/mol. The van der Waals surface area contributed by atoms with Gasteiger partial charge in [0.1, 0.15) is 0 Å². The predicted octanol–water partition coefficient (Wildman–Crippen LogP) is 5.35. The molecule has 0 amide bonds. The Morgan fingerprint density at radius 3 is 2.56 bits per heavy atom. The molecule has 0 aliphatic carbocycles. The summed E-state index contributed by atoms with van der Waals surface area (Å²) in [5, 5.41) is 0.779. The summed E-state index contributed by atoms with van der Waals surface area (Å²) in [7, 11) is 0. The van der Waals surface area contributed by atoms with Crippen molar-refractivity contribution in [2.75, 3.05) is 0 Å². The summed E-state index contributed by atoms with van der Waals surface area (Å²) in [5.41, 5.74) is 1.49. The molecule has 16 heavy (non-hydrogen) atoms. The summed E-state index contributed by atoms with van der Waals surface area (Å²) in [6.45, 7) is 6.70. The molecule has 0 aliphatic heterocycles. The second-order valence-electron chi connectivity index (χ2n) is 5.11. The molecule has 0 heterocycles. The van der Waals surface area contributed by atoms with E-state index in [4.69, 9.17) is 11.6 Å². The van der Waals surface area contributed by atoms with Gasteiger partial charge in [0, 0.05) is 5.02 Å². The first-order chi connectivity index (χ1) is 7.47. The standard InChI is InChI=1S/C15H19Cl/c1-15(2,3)11-6-4-5-8-13-9-7-10-14(16)12-13/h4-10,12H,11H2,1-3H3/b6-4+,8-5+. The van der Waals surface area contributed by atoms with Crippen LogP contribution in [0.5, 0.6) is 0 Å². The van der Waals surface area contributed by atoms with E-state index in [0.717, 1.165) is 17.0 Å². The van der Waals surface area contributed by atoms with Gasteiger partial charge in [0.15, 0.2) is 0 Å². The lowest BCUT2D eigenvalue weighted by Gasteiger charge is -2.13. The van der Waals surface area contributed by atoms with Crippen LogP contribution in [-0.4, -0.2) is 0 Å². The Morgan fingerprint density at radius 1 is 1.19 bits per heavy atom. The van der Waals surface area contributed by atoms with Crippen molar-refractivity contribution in [1.29, 1.82) is 0 Å². The Balaban J connectivity index is 2.49. The van der Waals surface area contributed by atoms with Gasteiger partial charge in [0.25, 0.3) is 0 Å². The van der Waals surface area contributed by atoms with Gasteiger partial charge in [0.2, 0.25) is 0 Å². The second-order valence-corrected chi connectivity index (χ2v) is 5.54. The molecule has 1 aromatic carbocycles. The zero-order valence-corrected chi connectivity index (χ0v) is 11.0. The maximum atomic E-state index is 5.89. The summed E-state index contributed by atoms with van der Waals surface area (Å²) in [5.74, 6) is 0. The van der Waals surface area contributed by atoms with Crippen molar-refractivity contribution in [3.63, 3.8) is 0 Å². The molecular weight excluding hydrogens is 216 g/mol. The molecule has 0 spiro atoms. The topological polar surface area (TPSA) is 0 Å². The first-order valence-corrected chi connectivity index (χ1v) is 5.94. The maximum absolute atomic E-state index is 5.89. The Hall–Kier alpha value is -1.01. The average molecular weight is 235 g/mol. The van der Waals surface area contributed by atoms with E-state index in [1.165, 1.54) is 0 Å². The first-order valence-electron chi connectivity index (χ1n) is 5.56. The highest BCUT2D eigenvalue weighted by Gasteiger charge is 2.05. The molecule has 0 aromatic heterocycles. The van der Waals surface area contributed by atoms with Gasteiger partial charge >= 0.3 is 0 Å². The Kier molecular flexibility index (Phi) is 4.82. The van der Waals surface area contributed by atoms with Gasteiger partial charge in [-0.3, -0.25) is 0 Å². The molecule has 1 aromatic rings. The molecule has 0 aliphatic rings. The molecule has 86 valence electrons. The van der Waals surface area contributed by atoms with E-state index in [2.05, 4.69) is 45.1 Å². The molecule has 0 unspecified atom stereocenters. The third-order valence-electron chi connectivity index (χ3n) is 2.11. The molecule has 1 rings (SSSR count). The van der Waals surface area contributed by atoms with Crippen molar-refractivity contribution in [3.05, 3.63) is 53.1 Å². The Labute approximate surface area is 104 Å². The van der Waals surface area contributed by atoms with Crippen LogP contribution in [0, 0.1) is 5.41 Å². The van der Waals surface area contributed by atoms with E-state index in [0.29, 0.717) is 5.41 Å². The van der Waals surface area contributed by atoms with E-state index in [9.17, 15) is 0 Å². The van der Waals surface area contributed by atoms with Crippen LogP contribution in [0.3, 0.4) is 0 Å². The largest absolute Gasteiger partial charge is 0.0843 e. The zero-order valence-electron chi connectivity index (χ0n) is 10.2. The van der Waals surface area contributed by atoms with Crippen molar-refractivity contribution in [3.8, 4) is 0 Å². The average Bonchev–Trinajstić information content (AvgIpc) is 2.15. The number of hydrogen-bond acceptors (Lipinski definition) is 0. The molecule has 0 atom stereocenters. The molecule has 0 radical (unpaired) electrons. The molecule has 0 bridgehead atoms. The van der Waals surface area contributed by atoms with E-state index in [1.54, 1.807) is 0 Å². The van der Waals surface area contributed by atoms with Gasteiger partial charge in [0.05, 0.1) is 0 Å². The quantitative estimate of drug-likeness (QED) is 0.619. The van der Waals surface area contributed by atoms with Crippen LogP contribution in [0.4, 0.5) is 0 Å². The minimum atomic E-state index is 0.362. The molecular formula is C15H19Cl. The fourth-order valence-electron chi connectivity index (χ4n) is 1.28. The van der Waals surface area contributed by atoms with Gasteiger partial charge in [-0.15, -0.1) is 0 Å². The molecule has 1 heteroatoms. The number of halogens is 1. The third-order valence-corrected chi connectivity index (χ3v) is 2.35. The van der Waals surface area contributed by atoms with Crippen LogP contribution in [-0.2, 0) is 0 Å². The van der Waals surface area contributed by atoms with Crippen molar-refractivity contribution in [2.24, 2.45) is 5.41 Å². The highest BCUT2D eigenvalue weighted by molar-refractivity contribution is 6.30. The van der Waals surface area contributed by atoms with Crippen LogP contribution in [0.1, 0.15) is 32.8 Å². The van der Waals surface area contributed by atoms with Gasteiger partial charge in [-0.25, -0.2) is 0 Å². The number of benzene rings is 1. The van der Waals surface area contributed by atoms with Crippen LogP contribution < -0.4 is 0 Å². The minimum absolute atomic E-state index is 0.362. The highest BCUT2D eigenvalue weighted by Crippen LogP contribution is 2.18. The summed E-state index contributed by atoms with van der Waals surface area (Å²) in [6, 6.07) is 7.84. The molecule has 0 saturated heterocycles. The number of allylic oxidation sites excluding steroid dienone is 3. The summed E-state index contributed by atoms with van der Waals surface area (Å²) in [4.78, 5) is 0. The van der Waals surface area contributed by atoms with Crippen molar-refractivity contribution in [1.82, 2.24) is 0 Å². The monoisotopic (exact) mass is 234 g/mol. The molecule has 0 saturated carbocycles. The Bertz CT molecular complexity index is 381. The van der Waals surface area contributed by atoms with Crippen LogP contribution in [0.25, 0.3) is 6.08 Å². The lowest BCUT2D eigenvalue weighted by atomic mass is 9.92. The highest BCUT2D eigenvalue weighted by atomic mass is 35.5. The lowest BCUT2D eigenvalue weighted by Crippen LogP contribution is -2.01. The van der Waals surface area contributed by atoms with Gasteiger partial charge in [-0.05, 0) is 29.5 Å². The van der Waals surface area contributed by atoms with E-state index in [1.807, 2.05) is 24.3 Å². The lowest BCUT2D eigenvalue weighted by molar-refractivity contribution is 0.420. The van der Waals surface area contributed by atoms with E-state index < -0.39 is 0 Å². The third kappa shape index (κ3) is 5.77. The number of hydrogen-bond donors (Lipinski definition) is 0. The number of rotatable bonds is 3. The normalized spacial score (nSPS) is 12.8. The van der Waals surface area contributed by atoms with Crippen LogP contribution in [0.15, 0.2) is 42.5 Å². The Morgan fingerprint density at radius 2 is 1.94 bits per heavy atom. The van der Waals surface area contributed by atoms with E-state index >= 15 is 0 Å². The van der Waals surface area contributed by atoms with Crippen LogP contribution >= 0.6 is 11.6 Å². The SMILES string of the molecule is CC(C)(C)C/C=C/C=C/c1cccc(Cl)c1. The molecule has 0 fully saturated rings. The van der Waals surface area contributed by atoms with Crippen molar-refractivity contribution >= 4 is 17.7 Å². The maximum Gasteiger partial charge on any atom is 0.0411 e. The fraction of sp³-hybridized carbons (Fsp3) is 0.333. The molecule has 0 nitrogen and oxygen atoms in total. The first kappa shape index (κ1) is 13.1. The fourth-order valence-corrected chi connectivity index (χ4v) is 1.48. The second kappa shape index (κ2) is 5.91.